The molecule has 1 N–H and O–H groups in total. The van der Waals surface area contributed by atoms with Crippen LogP contribution in [0, 0.1) is 12.7 Å². The Morgan fingerprint density at radius 3 is 2.67 bits per heavy atom. The molecule has 0 saturated carbocycles. The second kappa shape index (κ2) is 4.85. The van der Waals surface area contributed by atoms with E-state index in [9.17, 15) is 9.50 Å². The first-order chi connectivity index (χ1) is 9.87. The molecule has 1 aliphatic heterocycles. The minimum Gasteiger partial charge on any atom is -0.487 e. The molecule has 0 aliphatic carbocycles. The standard InChI is InChI=1S/C18H19FO2/c1-11-9-13(19)7-8-14(11)16(20)15-6-4-5-12-10-18(2,3)21-17(12)15/h4-9,16,20H,10H2,1-3H3. The molecule has 0 spiro atoms. The van der Waals surface area contributed by atoms with Crippen LogP contribution in [-0.2, 0) is 6.42 Å². The van der Waals surface area contributed by atoms with E-state index in [4.69, 9.17) is 4.74 Å². The average Bonchev–Trinajstić information content (AvgIpc) is 2.71. The SMILES string of the molecule is Cc1cc(F)ccc1C(O)c1cccc2c1OC(C)(C)C2. The summed E-state index contributed by atoms with van der Waals surface area (Å²) in [7, 11) is 0. The summed E-state index contributed by atoms with van der Waals surface area (Å²) < 4.78 is 19.2. The smallest absolute Gasteiger partial charge is 0.129 e. The topological polar surface area (TPSA) is 29.5 Å². The van der Waals surface area contributed by atoms with E-state index >= 15 is 0 Å². The van der Waals surface area contributed by atoms with Crippen molar-refractivity contribution in [2.45, 2.75) is 38.9 Å². The molecule has 0 radical (unpaired) electrons. The van der Waals surface area contributed by atoms with Gasteiger partial charge in [-0.25, -0.2) is 4.39 Å². The molecule has 0 saturated heterocycles. The molecule has 0 aromatic heterocycles. The number of aliphatic hydroxyl groups excluding tert-OH is 1. The Labute approximate surface area is 124 Å². The van der Waals surface area contributed by atoms with Gasteiger partial charge in [0.25, 0.3) is 0 Å². The third kappa shape index (κ3) is 2.54. The first-order valence-electron chi connectivity index (χ1n) is 7.12. The monoisotopic (exact) mass is 286 g/mol. The zero-order valence-corrected chi connectivity index (χ0v) is 12.5. The molecular formula is C18H19FO2. The van der Waals surface area contributed by atoms with Gasteiger partial charge in [0.05, 0.1) is 0 Å². The molecule has 1 atom stereocenters. The highest BCUT2D eigenvalue weighted by Gasteiger charge is 2.33. The van der Waals surface area contributed by atoms with Gasteiger partial charge in [0.2, 0.25) is 0 Å². The predicted molar refractivity (Wildman–Crippen MR) is 80.1 cm³/mol. The van der Waals surface area contributed by atoms with Gasteiger partial charge < -0.3 is 9.84 Å². The molecule has 1 unspecified atom stereocenters. The molecular weight excluding hydrogens is 267 g/mol. The highest BCUT2D eigenvalue weighted by Crippen LogP contribution is 2.41. The predicted octanol–water partition coefficient (Wildman–Crippen LogP) is 3.93. The molecule has 0 fully saturated rings. The van der Waals surface area contributed by atoms with E-state index in [-0.39, 0.29) is 11.4 Å². The van der Waals surface area contributed by atoms with Crippen molar-refractivity contribution >= 4 is 0 Å². The van der Waals surface area contributed by atoms with Crippen LogP contribution in [0.5, 0.6) is 5.75 Å². The van der Waals surface area contributed by atoms with Crippen LogP contribution in [0.25, 0.3) is 0 Å². The third-order valence-corrected chi connectivity index (χ3v) is 3.94. The number of aryl methyl sites for hydroxylation is 1. The van der Waals surface area contributed by atoms with Gasteiger partial charge in [-0.3, -0.25) is 0 Å². The van der Waals surface area contributed by atoms with Gasteiger partial charge >= 0.3 is 0 Å². The zero-order chi connectivity index (χ0) is 15.2. The van der Waals surface area contributed by atoms with Gasteiger partial charge in [-0.1, -0.05) is 24.3 Å². The Bertz CT molecular complexity index is 692. The molecule has 3 rings (SSSR count). The van der Waals surface area contributed by atoms with E-state index in [1.54, 1.807) is 13.0 Å². The van der Waals surface area contributed by atoms with Gasteiger partial charge in [0.1, 0.15) is 23.3 Å². The fourth-order valence-electron chi connectivity index (χ4n) is 2.97. The van der Waals surface area contributed by atoms with Crippen molar-refractivity contribution in [1.82, 2.24) is 0 Å². The fraction of sp³-hybridized carbons (Fsp3) is 0.333. The van der Waals surface area contributed by atoms with Crippen LogP contribution < -0.4 is 4.74 Å². The number of benzene rings is 2. The van der Waals surface area contributed by atoms with Crippen molar-refractivity contribution in [3.63, 3.8) is 0 Å². The zero-order valence-electron chi connectivity index (χ0n) is 12.5. The Kier molecular flexibility index (Phi) is 3.25. The number of hydrogen-bond donors (Lipinski definition) is 1. The minimum absolute atomic E-state index is 0.254. The Balaban J connectivity index is 2.04. The lowest BCUT2D eigenvalue weighted by Gasteiger charge is -2.20. The average molecular weight is 286 g/mol. The van der Waals surface area contributed by atoms with Gasteiger partial charge in [0, 0.05) is 12.0 Å². The number of halogens is 1. The number of rotatable bonds is 2. The number of aliphatic hydroxyl groups is 1. The van der Waals surface area contributed by atoms with E-state index in [2.05, 4.69) is 0 Å². The Morgan fingerprint density at radius 1 is 1.19 bits per heavy atom. The third-order valence-electron chi connectivity index (χ3n) is 3.94. The first-order valence-corrected chi connectivity index (χ1v) is 7.12. The van der Waals surface area contributed by atoms with Crippen LogP contribution >= 0.6 is 0 Å². The number of fused-ring (bicyclic) bond motifs is 1. The second-order valence-electron chi connectivity index (χ2n) is 6.28. The maximum absolute atomic E-state index is 13.2. The minimum atomic E-state index is -0.811. The summed E-state index contributed by atoms with van der Waals surface area (Å²) in [6.45, 7) is 5.87. The van der Waals surface area contributed by atoms with Crippen LogP contribution in [0.1, 0.15) is 42.2 Å². The summed E-state index contributed by atoms with van der Waals surface area (Å²) in [5, 5.41) is 10.7. The van der Waals surface area contributed by atoms with E-state index < -0.39 is 6.10 Å². The lowest BCUT2D eigenvalue weighted by Crippen LogP contribution is -2.25. The molecule has 2 aromatic carbocycles. The van der Waals surface area contributed by atoms with E-state index in [0.29, 0.717) is 5.56 Å². The maximum Gasteiger partial charge on any atom is 0.129 e. The Morgan fingerprint density at radius 2 is 1.95 bits per heavy atom. The fourth-order valence-corrected chi connectivity index (χ4v) is 2.97. The molecule has 2 nitrogen and oxygen atoms in total. The number of ether oxygens (including phenoxy) is 1. The van der Waals surface area contributed by atoms with E-state index in [1.807, 2.05) is 32.0 Å². The second-order valence-corrected chi connectivity index (χ2v) is 6.28. The summed E-state index contributed by atoms with van der Waals surface area (Å²) in [4.78, 5) is 0. The summed E-state index contributed by atoms with van der Waals surface area (Å²) in [6.07, 6.45) is 0.0140. The molecule has 1 heterocycles. The van der Waals surface area contributed by atoms with Crippen molar-refractivity contribution in [3.05, 3.63) is 64.5 Å². The summed E-state index contributed by atoms with van der Waals surface area (Å²) >= 11 is 0. The molecule has 0 bridgehead atoms. The van der Waals surface area contributed by atoms with Crippen molar-refractivity contribution < 1.29 is 14.2 Å². The van der Waals surface area contributed by atoms with E-state index in [1.165, 1.54) is 12.1 Å². The summed E-state index contributed by atoms with van der Waals surface area (Å²) in [5.41, 5.74) is 3.04. The van der Waals surface area contributed by atoms with Crippen molar-refractivity contribution in [3.8, 4) is 5.75 Å². The van der Waals surface area contributed by atoms with Gasteiger partial charge in [-0.2, -0.15) is 0 Å². The quantitative estimate of drug-likeness (QED) is 0.906. The maximum atomic E-state index is 13.2. The molecule has 110 valence electrons. The van der Waals surface area contributed by atoms with Crippen LogP contribution in [0.3, 0.4) is 0 Å². The van der Waals surface area contributed by atoms with Gasteiger partial charge in [-0.15, -0.1) is 0 Å². The molecule has 0 amide bonds. The molecule has 21 heavy (non-hydrogen) atoms. The molecule has 2 aromatic rings. The van der Waals surface area contributed by atoms with Crippen LogP contribution in [0.15, 0.2) is 36.4 Å². The van der Waals surface area contributed by atoms with Crippen LogP contribution in [0.4, 0.5) is 4.39 Å². The van der Waals surface area contributed by atoms with Crippen molar-refractivity contribution in [2.24, 2.45) is 0 Å². The highest BCUT2D eigenvalue weighted by atomic mass is 19.1. The summed E-state index contributed by atoms with van der Waals surface area (Å²) in [5.74, 6) is 0.470. The van der Waals surface area contributed by atoms with Crippen LogP contribution in [-0.4, -0.2) is 10.7 Å². The van der Waals surface area contributed by atoms with Crippen molar-refractivity contribution in [2.75, 3.05) is 0 Å². The molecule has 3 heteroatoms. The lowest BCUT2D eigenvalue weighted by atomic mass is 9.94. The van der Waals surface area contributed by atoms with Gasteiger partial charge in [-0.05, 0) is 49.6 Å². The highest BCUT2D eigenvalue weighted by molar-refractivity contribution is 5.50. The first kappa shape index (κ1) is 14.1. The van der Waals surface area contributed by atoms with E-state index in [0.717, 1.165) is 28.9 Å². The Hall–Kier alpha value is -1.87. The van der Waals surface area contributed by atoms with Crippen LogP contribution in [0.2, 0.25) is 0 Å². The number of hydrogen-bond acceptors (Lipinski definition) is 2. The van der Waals surface area contributed by atoms with Crippen molar-refractivity contribution in [1.29, 1.82) is 0 Å². The summed E-state index contributed by atoms with van der Waals surface area (Å²) in [6, 6.07) is 10.3. The van der Waals surface area contributed by atoms with Gasteiger partial charge in [0.15, 0.2) is 0 Å². The lowest BCUT2D eigenvalue weighted by molar-refractivity contribution is 0.131. The number of para-hydroxylation sites is 1. The molecule has 1 aliphatic rings. The normalized spacial score (nSPS) is 17.2. The largest absolute Gasteiger partial charge is 0.487 e.